The highest BCUT2D eigenvalue weighted by Gasteiger charge is 2.19. The predicted octanol–water partition coefficient (Wildman–Crippen LogP) is 1.79. The number of benzene rings is 1. The Balaban J connectivity index is 2.32. The molecule has 0 saturated heterocycles. The summed E-state index contributed by atoms with van der Waals surface area (Å²) in [6.45, 7) is 4.79. The number of rotatable bonds is 6. The first-order valence-electron chi connectivity index (χ1n) is 7.49. The van der Waals surface area contributed by atoms with Crippen LogP contribution in [-0.2, 0) is 10.0 Å². The summed E-state index contributed by atoms with van der Waals surface area (Å²) in [5, 5.41) is 27.5. The number of hydrogen-bond donors (Lipinski definition) is 4. The van der Waals surface area contributed by atoms with E-state index in [-0.39, 0.29) is 22.3 Å². The van der Waals surface area contributed by atoms with Crippen molar-refractivity contribution in [2.24, 2.45) is 5.14 Å². The third kappa shape index (κ3) is 4.81. The second kappa shape index (κ2) is 7.74. The van der Waals surface area contributed by atoms with Gasteiger partial charge in [-0.3, -0.25) is 0 Å². The van der Waals surface area contributed by atoms with E-state index in [0.29, 0.717) is 10.2 Å². The number of hydrogen-bond acceptors (Lipinski definition) is 8. The summed E-state index contributed by atoms with van der Waals surface area (Å²) in [4.78, 5) is 7.94. The van der Waals surface area contributed by atoms with Crippen LogP contribution in [0.3, 0.4) is 0 Å². The molecular weight excluding hydrogens is 428 g/mol. The number of halogens is 1. The van der Waals surface area contributed by atoms with Crippen molar-refractivity contribution >= 4 is 37.6 Å². The number of aliphatic hydroxyl groups is 1. The molecule has 1 aromatic heterocycles. The van der Waals surface area contributed by atoms with Gasteiger partial charge < -0.3 is 20.3 Å². The van der Waals surface area contributed by atoms with Crippen LogP contribution in [-0.4, -0.2) is 40.8 Å². The van der Waals surface area contributed by atoms with Crippen LogP contribution in [0.5, 0.6) is 11.6 Å². The van der Waals surface area contributed by atoms with Gasteiger partial charge in [0.05, 0.1) is 16.8 Å². The van der Waals surface area contributed by atoms with Crippen molar-refractivity contribution in [2.45, 2.75) is 37.9 Å². The minimum Gasteiger partial charge on any atom is -0.506 e. The molecule has 0 aliphatic carbocycles. The number of aromatic hydroxyl groups is 1. The van der Waals surface area contributed by atoms with Crippen LogP contribution >= 0.6 is 15.9 Å². The number of phenolic OH excluding ortho intramolecular Hbond substituents is 1. The number of anilines is 2. The van der Waals surface area contributed by atoms with Crippen molar-refractivity contribution in [3.63, 3.8) is 0 Å². The number of nitrogens with one attached hydrogen (secondary N) is 1. The van der Waals surface area contributed by atoms with Crippen molar-refractivity contribution in [3.8, 4) is 11.6 Å². The number of sulfonamides is 1. The zero-order chi connectivity index (χ0) is 19.6. The van der Waals surface area contributed by atoms with E-state index in [0.717, 1.165) is 0 Å². The molecule has 0 aliphatic heterocycles. The quantitative estimate of drug-likeness (QED) is 0.524. The van der Waals surface area contributed by atoms with Crippen molar-refractivity contribution in [2.75, 3.05) is 5.32 Å². The lowest BCUT2D eigenvalue weighted by atomic mass is 10.2. The molecule has 0 aliphatic rings. The number of aliphatic hydroxyl groups excluding tert-OH is 1. The summed E-state index contributed by atoms with van der Waals surface area (Å²) < 4.78 is 29.1. The molecule has 0 unspecified atom stereocenters. The maximum absolute atomic E-state index is 11.5. The van der Waals surface area contributed by atoms with E-state index in [2.05, 4.69) is 31.2 Å². The molecule has 0 amide bonds. The lowest BCUT2D eigenvalue weighted by Gasteiger charge is -2.17. The molecule has 9 nitrogen and oxygen atoms in total. The highest BCUT2D eigenvalue weighted by Crippen LogP contribution is 2.31. The second-order valence-corrected chi connectivity index (χ2v) is 8.07. The first-order chi connectivity index (χ1) is 12.0. The fourth-order valence-corrected chi connectivity index (χ4v) is 3.24. The topological polar surface area (TPSA) is 148 Å². The van der Waals surface area contributed by atoms with Gasteiger partial charge in [0, 0.05) is 11.8 Å². The maximum atomic E-state index is 11.5. The van der Waals surface area contributed by atoms with Gasteiger partial charge in [0.2, 0.25) is 21.9 Å². The van der Waals surface area contributed by atoms with Gasteiger partial charge in [-0.05, 0) is 48.3 Å². The van der Waals surface area contributed by atoms with E-state index in [1.807, 2.05) is 0 Å². The number of primary sulfonamides is 1. The third-order valence-corrected chi connectivity index (χ3v) is 5.13. The summed E-state index contributed by atoms with van der Waals surface area (Å²) in [5.74, 6) is -0.104. The van der Waals surface area contributed by atoms with Gasteiger partial charge >= 0.3 is 0 Å². The maximum Gasteiger partial charge on any atom is 0.241 e. The van der Waals surface area contributed by atoms with Crippen LogP contribution in [0, 0.1) is 6.92 Å². The van der Waals surface area contributed by atoms with Crippen LogP contribution < -0.4 is 15.2 Å². The first-order valence-corrected chi connectivity index (χ1v) is 9.83. The van der Waals surface area contributed by atoms with Crippen molar-refractivity contribution in [1.29, 1.82) is 0 Å². The lowest BCUT2D eigenvalue weighted by Crippen LogP contribution is -2.26. The van der Waals surface area contributed by atoms with Gasteiger partial charge in [0.15, 0.2) is 0 Å². The zero-order valence-electron chi connectivity index (χ0n) is 14.3. The monoisotopic (exact) mass is 446 g/mol. The Morgan fingerprint density at radius 2 is 2.00 bits per heavy atom. The lowest BCUT2D eigenvalue weighted by molar-refractivity contribution is 0.0569. The number of ether oxygens (including phenoxy) is 1. The Labute approximate surface area is 159 Å². The normalized spacial score (nSPS) is 13.9. The Hall–Kier alpha value is -1.95. The van der Waals surface area contributed by atoms with Crippen LogP contribution in [0.15, 0.2) is 27.7 Å². The standard InChI is InChI=1S/C15H19BrN4O5S/c1-7-4-10(5-12(22)13(7)26(17,23)24)19-15-18-6-11(16)14(20-15)25-9(3)8(2)21/h4-6,8-9,21-22H,1-3H3,(H2,17,23,24)(H,18,19,20)/t8-,9-/m1/s1. The minimum atomic E-state index is -4.05. The molecule has 0 fully saturated rings. The molecule has 2 rings (SSSR count). The van der Waals surface area contributed by atoms with Crippen molar-refractivity contribution in [1.82, 2.24) is 9.97 Å². The van der Waals surface area contributed by atoms with Crippen LogP contribution in [0.4, 0.5) is 11.6 Å². The third-order valence-electron chi connectivity index (χ3n) is 3.48. The van der Waals surface area contributed by atoms with Gasteiger partial charge in [0.25, 0.3) is 0 Å². The molecule has 26 heavy (non-hydrogen) atoms. The Kier molecular flexibility index (Phi) is 6.06. The summed E-state index contributed by atoms with van der Waals surface area (Å²) in [7, 11) is -4.05. The Morgan fingerprint density at radius 3 is 2.54 bits per heavy atom. The van der Waals surface area contributed by atoms with Crippen LogP contribution in [0.1, 0.15) is 19.4 Å². The van der Waals surface area contributed by atoms with Gasteiger partial charge in [-0.25, -0.2) is 18.5 Å². The molecule has 2 atom stereocenters. The SMILES string of the molecule is Cc1cc(Nc2ncc(Br)c(O[C@H](C)[C@@H](C)O)n2)cc(O)c1S(N)(=O)=O. The van der Waals surface area contributed by atoms with E-state index in [4.69, 9.17) is 9.88 Å². The molecule has 1 aromatic carbocycles. The molecule has 142 valence electrons. The first kappa shape index (κ1) is 20.4. The summed E-state index contributed by atoms with van der Waals surface area (Å²) in [6.07, 6.45) is 0.276. The second-order valence-electron chi connectivity index (χ2n) is 5.72. The summed E-state index contributed by atoms with van der Waals surface area (Å²) in [6, 6.07) is 2.70. The van der Waals surface area contributed by atoms with Gasteiger partial charge in [-0.2, -0.15) is 4.98 Å². The molecule has 0 spiro atoms. The molecule has 1 heterocycles. The smallest absolute Gasteiger partial charge is 0.241 e. The van der Waals surface area contributed by atoms with Crippen LogP contribution in [0.2, 0.25) is 0 Å². The molecule has 2 aromatic rings. The van der Waals surface area contributed by atoms with Gasteiger partial charge in [-0.15, -0.1) is 0 Å². The fraction of sp³-hybridized carbons (Fsp3) is 0.333. The minimum absolute atomic E-state index is 0.156. The van der Waals surface area contributed by atoms with Crippen LogP contribution in [0.25, 0.3) is 0 Å². The van der Waals surface area contributed by atoms with Gasteiger partial charge in [-0.1, -0.05) is 0 Å². The zero-order valence-corrected chi connectivity index (χ0v) is 16.7. The predicted molar refractivity (Wildman–Crippen MR) is 99.0 cm³/mol. The number of phenols is 1. The summed E-state index contributed by atoms with van der Waals surface area (Å²) >= 11 is 3.27. The van der Waals surface area contributed by atoms with Crippen molar-refractivity contribution < 1.29 is 23.4 Å². The van der Waals surface area contributed by atoms with E-state index >= 15 is 0 Å². The van der Waals surface area contributed by atoms with E-state index in [9.17, 15) is 18.6 Å². The summed E-state index contributed by atoms with van der Waals surface area (Å²) in [5.41, 5.74) is 0.635. The molecule has 0 radical (unpaired) electrons. The number of nitrogens with two attached hydrogens (primary N) is 1. The van der Waals surface area contributed by atoms with Crippen molar-refractivity contribution in [3.05, 3.63) is 28.4 Å². The average Bonchev–Trinajstić information content (AvgIpc) is 2.48. The van der Waals surface area contributed by atoms with E-state index < -0.39 is 28.0 Å². The Bertz CT molecular complexity index is 897. The van der Waals surface area contributed by atoms with E-state index in [1.165, 1.54) is 25.3 Å². The highest BCUT2D eigenvalue weighted by molar-refractivity contribution is 9.10. The van der Waals surface area contributed by atoms with E-state index in [1.54, 1.807) is 13.8 Å². The molecule has 0 saturated carbocycles. The number of aromatic nitrogens is 2. The molecule has 5 N–H and O–H groups in total. The molecule has 0 bridgehead atoms. The molecular formula is C15H19BrN4O5S. The van der Waals surface area contributed by atoms with Gasteiger partial charge in [0.1, 0.15) is 16.7 Å². The largest absolute Gasteiger partial charge is 0.506 e. The fourth-order valence-electron chi connectivity index (χ4n) is 2.10. The number of aryl methyl sites for hydroxylation is 1. The number of nitrogens with zero attached hydrogens (tertiary/aromatic N) is 2. The Morgan fingerprint density at radius 1 is 1.35 bits per heavy atom. The molecule has 11 heteroatoms. The average molecular weight is 447 g/mol. The highest BCUT2D eigenvalue weighted by atomic mass is 79.9.